The maximum Gasteiger partial charge on any atom is 0.243 e. The van der Waals surface area contributed by atoms with Crippen molar-refractivity contribution in [2.75, 3.05) is 18.4 Å². The molecule has 2 aromatic rings. The molecular weight excluding hydrogens is 436 g/mol. The zero-order chi connectivity index (χ0) is 21.8. The summed E-state index contributed by atoms with van der Waals surface area (Å²) in [4.78, 5) is 12.9. The summed E-state index contributed by atoms with van der Waals surface area (Å²) in [5.41, 5.74) is 0.561. The number of nitrogens with one attached hydrogen (secondary N) is 1. The second kappa shape index (κ2) is 9.66. The van der Waals surface area contributed by atoms with Gasteiger partial charge in [0.25, 0.3) is 0 Å². The third-order valence-electron chi connectivity index (χ3n) is 5.86. The SMILES string of the molecule is C[C@@H](Sc1nnnn1C1CCCC1)C(=O)Nc1ccc(S(=O)(=O)N2CCCCC2)cc1. The number of aromatic nitrogens is 4. The number of hydrogen-bond donors (Lipinski definition) is 1. The lowest BCUT2D eigenvalue weighted by Gasteiger charge is -2.25. The van der Waals surface area contributed by atoms with E-state index in [9.17, 15) is 13.2 Å². The zero-order valence-corrected chi connectivity index (χ0v) is 19.2. The summed E-state index contributed by atoms with van der Waals surface area (Å²) in [7, 11) is -3.48. The van der Waals surface area contributed by atoms with Crippen LogP contribution in [0.15, 0.2) is 34.3 Å². The molecule has 2 aliphatic rings. The van der Waals surface area contributed by atoms with Gasteiger partial charge in [0, 0.05) is 18.8 Å². The van der Waals surface area contributed by atoms with Gasteiger partial charge in [0.05, 0.1) is 16.2 Å². The van der Waals surface area contributed by atoms with E-state index in [1.165, 1.54) is 28.9 Å². The first-order valence-electron chi connectivity index (χ1n) is 10.8. The minimum absolute atomic E-state index is 0.183. The van der Waals surface area contributed by atoms with Gasteiger partial charge in [-0.3, -0.25) is 4.79 Å². The quantitative estimate of drug-likeness (QED) is 0.627. The van der Waals surface area contributed by atoms with Gasteiger partial charge in [-0.2, -0.15) is 4.31 Å². The number of tetrazole rings is 1. The first kappa shape index (κ1) is 22.2. The summed E-state index contributed by atoms with van der Waals surface area (Å²) in [5, 5.41) is 15.1. The smallest absolute Gasteiger partial charge is 0.243 e. The maximum atomic E-state index is 12.8. The van der Waals surface area contributed by atoms with Crippen LogP contribution in [0.1, 0.15) is 57.9 Å². The predicted octanol–water partition coefficient (Wildman–Crippen LogP) is 3.08. The average Bonchev–Trinajstić information content (AvgIpc) is 3.46. The Kier molecular flexibility index (Phi) is 6.92. The Morgan fingerprint density at radius 1 is 1.10 bits per heavy atom. The summed E-state index contributed by atoms with van der Waals surface area (Å²) in [5.74, 6) is -0.183. The molecule has 0 spiro atoms. The molecule has 11 heteroatoms. The molecule has 1 saturated heterocycles. The summed E-state index contributed by atoms with van der Waals surface area (Å²) in [6, 6.07) is 6.68. The van der Waals surface area contributed by atoms with Gasteiger partial charge in [0.2, 0.25) is 21.1 Å². The highest BCUT2D eigenvalue weighted by molar-refractivity contribution is 8.00. The molecule has 4 rings (SSSR count). The van der Waals surface area contributed by atoms with Crippen molar-refractivity contribution < 1.29 is 13.2 Å². The number of nitrogens with zero attached hydrogens (tertiary/aromatic N) is 5. The van der Waals surface area contributed by atoms with Crippen LogP contribution < -0.4 is 5.32 Å². The molecule has 168 valence electrons. The monoisotopic (exact) mass is 464 g/mol. The van der Waals surface area contributed by atoms with Crippen molar-refractivity contribution in [3.63, 3.8) is 0 Å². The maximum absolute atomic E-state index is 12.8. The lowest BCUT2D eigenvalue weighted by Crippen LogP contribution is -2.35. The van der Waals surface area contributed by atoms with E-state index in [-0.39, 0.29) is 10.8 Å². The number of carbonyl (C=O) groups is 1. The summed E-state index contributed by atoms with van der Waals surface area (Å²) in [6.45, 7) is 2.94. The normalized spacial score (nSPS) is 19.4. The summed E-state index contributed by atoms with van der Waals surface area (Å²) in [6.07, 6.45) is 7.33. The van der Waals surface area contributed by atoms with Crippen molar-refractivity contribution in [3.05, 3.63) is 24.3 Å². The summed E-state index contributed by atoms with van der Waals surface area (Å²) < 4.78 is 28.9. The van der Waals surface area contributed by atoms with Crippen LogP contribution in [0, 0.1) is 0 Å². The Morgan fingerprint density at radius 2 is 1.77 bits per heavy atom. The van der Waals surface area contributed by atoms with Crippen LogP contribution in [0.5, 0.6) is 0 Å². The van der Waals surface area contributed by atoms with Crippen molar-refractivity contribution in [2.24, 2.45) is 0 Å². The van der Waals surface area contributed by atoms with Gasteiger partial charge in [-0.1, -0.05) is 31.0 Å². The molecule has 1 amide bonds. The zero-order valence-electron chi connectivity index (χ0n) is 17.6. The van der Waals surface area contributed by atoms with Crippen LogP contribution in [0.25, 0.3) is 0 Å². The molecule has 2 heterocycles. The lowest BCUT2D eigenvalue weighted by atomic mass is 10.2. The molecule has 2 fully saturated rings. The minimum Gasteiger partial charge on any atom is -0.325 e. The van der Waals surface area contributed by atoms with Crippen molar-refractivity contribution in [2.45, 2.75) is 73.2 Å². The van der Waals surface area contributed by atoms with Gasteiger partial charge in [0.1, 0.15) is 0 Å². The molecule has 0 unspecified atom stereocenters. The molecule has 1 atom stereocenters. The van der Waals surface area contributed by atoms with Gasteiger partial charge in [-0.05, 0) is 67.3 Å². The molecule has 1 saturated carbocycles. The fourth-order valence-electron chi connectivity index (χ4n) is 4.06. The first-order chi connectivity index (χ1) is 14.9. The largest absolute Gasteiger partial charge is 0.325 e. The molecule has 1 aromatic carbocycles. The number of hydrogen-bond acceptors (Lipinski definition) is 7. The van der Waals surface area contributed by atoms with Crippen molar-refractivity contribution in [1.29, 1.82) is 0 Å². The third-order valence-corrected chi connectivity index (χ3v) is 8.82. The van der Waals surface area contributed by atoms with E-state index in [1.54, 1.807) is 24.3 Å². The van der Waals surface area contributed by atoms with Gasteiger partial charge in [-0.25, -0.2) is 13.1 Å². The Hall–Kier alpha value is -1.98. The lowest BCUT2D eigenvalue weighted by molar-refractivity contribution is -0.115. The topological polar surface area (TPSA) is 110 Å². The number of piperidine rings is 1. The predicted molar refractivity (Wildman–Crippen MR) is 118 cm³/mol. The van der Waals surface area contributed by atoms with Gasteiger partial charge in [-0.15, -0.1) is 5.10 Å². The molecule has 1 N–H and O–H groups in total. The second-order valence-electron chi connectivity index (χ2n) is 8.08. The first-order valence-corrected chi connectivity index (χ1v) is 13.1. The number of sulfonamides is 1. The van der Waals surface area contributed by atoms with Crippen LogP contribution in [0.4, 0.5) is 5.69 Å². The van der Waals surface area contributed by atoms with Crippen molar-refractivity contribution >= 4 is 33.4 Å². The van der Waals surface area contributed by atoms with E-state index in [0.29, 0.717) is 30.0 Å². The number of thioether (sulfide) groups is 1. The van der Waals surface area contributed by atoms with Crippen LogP contribution in [-0.2, 0) is 14.8 Å². The van der Waals surface area contributed by atoms with Gasteiger partial charge >= 0.3 is 0 Å². The second-order valence-corrected chi connectivity index (χ2v) is 11.3. The Balaban J connectivity index is 1.37. The van der Waals surface area contributed by atoms with E-state index in [1.807, 2.05) is 11.6 Å². The van der Waals surface area contributed by atoms with Crippen molar-refractivity contribution in [3.8, 4) is 0 Å². The Labute approximate surface area is 187 Å². The van der Waals surface area contributed by atoms with E-state index < -0.39 is 15.3 Å². The molecule has 1 aromatic heterocycles. The van der Waals surface area contributed by atoms with Crippen LogP contribution >= 0.6 is 11.8 Å². The van der Waals surface area contributed by atoms with Crippen LogP contribution in [-0.4, -0.2) is 57.2 Å². The van der Waals surface area contributed by atoms with E-state index in [0.717, 1.165) is 32.1 Å². The van der Waals surface area contributed by atoms with Crippen LogP contribution in [0.3, 0.4) is 0 Å². The number of carbonyl (C=O) groups excluding carboxylic acids is 1. The van der Waals surface area contributed by atoms with Gasteiger partial charge < -0.3 is 5.32 Å². The van der Waals surface area contributed by atoms with E-state index in [2.05, 4.69) is 20.8 Å². The number of rotatable bonds is 7. The molecule has 0 bridgehead atoms. The Morgan fingerprint density at radius 3 is 2.45 bits per heavy atom. The molecule has 0 radical (unpaired) electrons. The molecule has 31 heavy (non-hydrogen) atoms. The van der Waals surface area contributed by atoms with Crippen molar-refractivity contribution in [1.82, 2.24) is 24.5 Å². The molecular formula is C20H28N6O3S2. The highest BCUT2D eigenvalue weighted by Crippen LogP contribution is 2.32. The highest BCUT2D eigenvalue weighted by atomic mass is 32.2. The van der Waals surface area contributed by atoms with Gasteiger partial charge in [0.15, 0.2) is 0 Å². The van der Waals surface area contributed by atoms with Crippen LogP contribution in [0.2, 0.25) is 0 Å². The molecule has 1 aliphatic carbocycles. The third kappa shape index (κ3) is 5.09. The highest BCUT2D eigenvalue weighted by Gasteiger charge is 2.27. The number of benzene rings is 1. The number of anilines is 1. The van der Waals surface area contributed by atoms with E-state index >= 15 is 0 Å². The van der Waals surface area contributed by atoms with E-state index in [4.69, 9.17) is 0 Å². The average molecular weight is 465 g/mol. The standard InChI is InChI=1S/C20H28N6O3S2/c1-15(30-20-22-23-24-26(20)17-7-3-4-8-17)19(27)21-16-9-11-18(12-10-16)31(28,29)25-13-5-2-6-14-25/h9-12,15,17H,2-8,13-14H2,1H3,(H,21,27)/t15-/m1/s1. The minimum atomic E-state index is -3.48. The number of amides is 1. The fraction of sp³-hybridized carbons (Fsp3) is 0.600. The fourth-order valence-corrected chi connectivity index (χ4v) is 6.44. The molecule has 1 aliphatic heterocycles. The Bertz CT molecular complexity index is 996. The molecule has 9 nitrogen and oxygen atoms in total. The summed E-state index contributed by atoms with van der Waals surface area (Å²) >= 11 is 1.33.